The summed E-state index contributed by atoms with van der Waals surface area (Å²) in [7, 11) is 0. The standard InChI is InChI=1S/C18H31N3O2/c1-2-20(15-10-6-5-7-11-15)14-21-16(22)18(19-17(21)23)12-8-3-4-9-13-18/h15H,2-14H2,1H3,(H,19,23). The van der Waals surface area contributed by atoms with E-state index in [0.29, 0.717) is 12.7 Å². The van der Waals surface area contributed by atoms with Crippen molar-refractivity contribution in [3.05, 3.63) is 0 Å². The van der Waals surface area contributed by atoms with E-state index in [-0.39, 0.29) is 11.9 Å². The first kappa shape index (κ1) is 16.7. The van der Waals surface area contributed by atoms with Crippen LogP contribution in [0.1, 0.15) is 77.6 Å². The molecular weight excluding hydrogens is 290 g/mol. The second-order valence-corrected chi connectivity index (χ2v) is 7.50. The van der Waals surface area contributed by atoms with Gasteiger partial charge in [0.15, 0.2) is 0 Å². The molecule has 1 heterocycles. The zero-order valence-electron chi connectivity index (χ0n) is 14.5. The second-order valence-electron chi connectivity index (χ2n) is 7.50. The lowest BCUT2D eigenvalue weighted by atomic mass is 9.90. The van der Waals surface area contributed by atoms with E-state index in [1.165, 1.54) is 49.8 Å². The first-order chi connectivity index (χ1) is 11.2. The summed E-state index contributed by atoms with van der Waals surface area (Å²) in [6.07, 6.45) is 12.3. The smallest absolute Gasteiger partial charge is 0.323 e. The summed E-state index contributed by atoms with van der Waals surface area (Å²) < 4.78 is 0. The van der Waals surface area contributed by atoms with E-state index < -0.39 is 5.54 Å². The third kappa shape index (κ3) is 3.39. The number of carbonyl (C=O) groups excluding carboxylic acids is 2. The number of hydrogen-bond acceptors (Lipinski definition) is 3. The largest absolute Gasteiger partial charge is 0.326 e. The summed E-state index contributed by atoms with van der Waals surface area (Å²) in [5.74, 6) is 0.0265. The molecule has 0 atom stereocenters. The Labute approximate surface area is 139 Å². The van der Waals surface area contributed by atoms with Crippen LogP contribution in [0.4, 0.5) is 4.79 Å². The van der Waals surface area contributed by atoms with E-state index in [1.54, 1.807) is 0 Å². The lowest BCUT2D eigenvalue weighted by molar-refractivity contribution is -0.133. The Hall–Kier alpha value is -1.10. The van der Waals surface area contributed by atoms with E-state index >= 15 is 0 Å². The molecule has 1 N–H and O–H groups in total. The highest BCUT2D eigenvalue weighted by molar-refractivity contribution is 6.07. The van der Waals surface area contributed by atoms with Crippen molar-refractivity contribution in [1.29, 1.82) is 0 Å². The van der Waals surface area contributed by atoms with Crippen LogP contribution < -0.4 is 5.32 Å². The molecule has 1 aliphatic heterocycles. The van der Waals surface area contributed by atoms with Crippen LogP contribution in [0.2, 0.25) is 0 Å². The van der Waals surface area contributed by atoms with Gasteiger partial charge >= 0.3 is 6.03 Å². The minimum atomic E-state index is -0.598. The minimum Gasteiger partial charge on any atom is -0.323 e. The van der Waals surface area contributed by atoms with Gasteiger partial charge in [0.05, 0.1) is 6.67 Å². The maximum absolute atomic E-state index is 13.0. The number of carbonyl (C=O) groups is 2. The lowest BCUT2D eigenvalue weighted by Crippen LogP contribution is -2.49. The van der Waals surface area contributed by atoms with Crippen LogP contribution in [0.3, 0.4) is 0 Å². The quantitative estimate of drug-likeness (QED) is 0.809. The Balaban J connectivity index is 1.69. The molecule has 5 heteroatoms. The van der Waals surface area contributed by atoms with Gasteiger partial charge in [-0.05, 0) is 32.2 Å². The first-order valence-electron chi connectivity index (χ1n) is 9.54. The molecule has 2 aliphatic carbocycles. The Morgan fingerprint density at radius 2 is 1.65 bits per heavy atom. The van der Waals surface area contributed by atoms with Crippen LogP contribution in [0.15, 0.2) is 0 Å². The van der Waals surface area contributed by atoms with Crippen molar-refractivity contribution in [1.82, 2.24) is 15.1 Å². The summed E-state index contributed by atoms with van der Waals surface area (Å²) in [6, 6.07) is 0.353. The van der Waals surface area contributed by atoms with Gasteiger partial charge in [-0.15, -0.1) is 0 Å². The van der Waals surface area contributed by atoms with Crippen LogP contribution in [0, 0.1) is 0 Å². The van der Waals surface area contributed by atoms with Crippen LogP contribution >= 0.6 is 0 Å². The van der Waals surface area contributed by atoms with Gasteiger partial charge < -0.3 is 5.32 Å². The normalized spacial score (nSPS) is 25.9. The summed E-state index contributed by atoms with van der Waals surface area (Å²) in [5.41, 5.74) is -0.598. The molecule has 5 nitrogen and oxygen atoms in total. The Morgan fingerprint density at radius 3 is 2.26 bits per heavy atom. The van der Waals surface area contributed by atoms with Gasteiger partial charge in [0.25, 0.3) is 5.91 Å². The van der Waals surface area contributed by atoms with Crippen LogP contribution in [-0.2, 0) is 4.79 Å². The molecule has 0 radical (unpaired) electrons. The highest BCUT2D eigenvalue weighted by Crippen LogP contribution is 2.33. The van der Waals surface area contributed by atoms with Gasteiger partial charge in [-0.2, -0.15) is 0 Å². The zero-order chi connectivity index (χ0) is 16.3. The number of nitrogens with zero attached hydrogens (tertiary/aromatic N) is 2. The van der Waals surface area contributed by atoms with Crippen molar-refractivity contribution in [2.24, 2.45) is 0 Å². The number of nitrogens with one attached hydrogen (secondary N) is 1. The van der Waals surface area contributed by atoms with Crippen molar-refractivity contribution >= 4 is 11.9 Å². The molecule has 3 amide bonds. The molecule has 3 rings (SSSR count). The van der Waals surface area contributed by atoms with E-state index in [2.05, 4.69) is 17.1 Å². The number of rotatable bonds is 4. The predicted molar refractivity (Wildman–Crippen MR) is 89.9 cm³/mol. The number of imide groups is 1. The molecule has 0 aromatic heterocycles. The van der Waals surface area contributed by atoms with Gasteiger partial charge in [0, 0.05) is 6.04 Å². The molecule has 23 heavy (non-hydrogen) atoms. The molecule has 3 fully saturated rings. The average Bonchev–Trinajstić information content (AvgIpc) is 2.75. The topological polar surface area (TPSA) is 52.6 Å². The summed E-state index contributed by atoms with van der Waals surface area (Å²) in [4.78, 5) is 29.3. The predicted octanol–water partition coefficient (Wildman–Crippen LogP) is 3.24. The van der Waals surface area contributed by atoms with Crippen molar-refractivity contribution in [3.63, 3.8) is 0 Å². The van der Waals surface area contributed by atoms with Gasteiger partial charge in [-0.25, -0.2) is 9.69 Å². The van der Waals surface area contributed by atoms with Gasteiger partial charge in [-0.3, -0.25) is 9.69 Å². The Morgan fingerprint density at radius 1 is 1.04 bits per heavy atom. The van der Waals surface area contributed by atoms with E-state index in [9.17, 15) is 9.59 Å². The molecule has 0 aromatic rings. The Bertz CT molecular complexity index is 438. The molecule has 0 aromatic carbocycles. The number of amides is 3. The van der Waals surface area contributed by atoms with Gasteiger partial charge in [-0.1, -0.05) is 51.9 Å². The molecular formula is C18H31N3O2. The van der Waals surface area contributed by atoms with Crippen molar-refractivity contribution < 1.29 is 9.59 Å². The summed E-state index contributed by atoms with van der Waals surface area (Å²) in [6.45, 7) is 3.50. The molecule has 0 bridgehead atoms. The molecule has 130 valence electrons. The highest BCUT2D eigenvalue weighted by atomic mass is 16.2. The fourth-order valence-electron chi connectivity index (χ4n) is 4.58. The van der Waals surface area contributed by atoms with Crippen molar-refractivity contribution in [2.45, 2.75) is 89.1 Å². The van der Waals surface area contributed by atoms with E-state index in [4.69, 9.17) is 0 Å². The van der Waals surface area contributed by atoms with Crippen LogP contribution in [-0.4, -0.2) is 46.5 Å². The monoisotopic (exact) mass is 321 g/mol. The molecule has 3 aliphatic rings. The minimum absolute atomic E-state index is 0.0265. The molecule has 1 saturated heterocycles. The zero-order valence-corrected chi connectivity index (χ0v) is 14.5. The SMILES string of the molecule is CCN(CN1C(=O)NC2(CCCCCC2)C1=O)C1CCCCC1. The lowest BCUT2D eigenvalue weighted by Gasteiger charge is -2.35. The number of hydrogen-bond donors (Lipinski definition) is 1. The van der Waals surface area contributed by atoms with Crippen LogP contribution in [0.25, 0.3) is 0 Å². The van der Waals surface area contributed by atoms with Crippen molar-refractivity contribution in [3.8, 4) is 0 Å². The van der Waals surface area contributed by atoms with E-state index in [1.807, 2.05) is 0 Å². The first-order valence-corrected chi connectivity index (χ1v) is 9.54. The van der Waals surface area contributed by atoms with Crippen LogP contribution in [0.5, 0.6) is 0 Å². The third-order valence-electron chi connectivity index (χ3n) is 6.02. The third-order valence-corrected chi connectivity index (χ3v) is 6.02. The second kappa shape index (κ2) is 7.20. The Kier molecular flexibility index (Phi) is 5.24. The summed E-state index contributed by atoms with van der Waals surface area (Å²) in [5, 5.41) is 3.05. The maximum Gasteiger partial charge on any atom is 0.326 e. The van der Waals surface area contributed by atoms with E-state index in [0.717, 1.165) is 32.2 Å². The van der Waals surface area contributed by atoms with Gasteiger partial charge in [0.1, 0.15) is 5.54 Å². The van der Waals surface area contributed by atoms with Crippen molar-refractivity contribution in [2.75, 3.05) is 13.2 Å². The number of urea groups is 1. The maximum atomic E-state index is 13.0. The average molecular weight is 321 g/mol. The molecule has 1 spiro atoms. The molecule has 0 unspecified atom stereocenters. The molecule has 2 saturated carbocycles. The fraction of sp³-hybridized carbons (Fsp3) is 0.889. The summed E-state index contributed by atoms with van der Waals surface area (Å²) >= 11 is 0. The fourth-order valence-corrected chi connectivity index (χ4v) is 4.58. The van der Waals surface area contributed by atoms with Gasteiger partial charge in [0.2, 0.25) is 0 Å². The highest BCUT2D eigenvalue weighted by Gasteiger charge is 2.51.